The second-order valence-corrected chi connectivity index (χ2v) is 5.46. The highest BCUT2D eigenvalue weighted by molar-refractivity contribution is 5.95. The van der Waals surface area contributed by atoms with Crippen LogP contribution in [-0.4, -0.2) is 26.8 Å². The molecule has 2 aromatic carbocycles. The van der Waals surface area contributed by atoms with E-state index in [-0.39, 0.29) is 11.6 Å². The average Bonchev–Trinajstić information content (AvgIpc) is 3.15. The van der Waals surface area contributed by atoms with Gasteiger partial charge in [-0.2, -0.15) is 10.2 Å². The van der Waals surface area contributed by atoms with Crippen LogP contribution >= 0.6 is 0 Å². The van der Waals surface area contributed by atoms with Crippen LogP contribution in [0.4, 0.5) is 5.69 Å². The van der Waals surface area contributed by atoms with E-state index >= 15 is 0 Å². The Morgan fingerprint density at radius 3 is 2.85 bits per heavy atom. The quantitative estimate of drug-likeness (QED) is 0.420. The number of hydrazone groups is 1. The maximum atomic E-state index is 12.2. The van der Waals surface area contributed by atoms with Gasteiger partial charge in [0.15, 0.2) is 0 Å². The third-order valence-corrected chi connectivity index (χ3v) is 3.55. The number of benzene rings is 2. The van der Waals surface area contributed by atoms with Crippen LogP contribution in [0.1, 0.15) is 21.5 Å². The Hall–Kier alpha value is -3.81. The van der Waals surface area contributed by atoms with Crippen LogP contribution < -0.4 is 5.43 Å². The normalized spacial score (nSPS) is 10.8. The number of hydrogen-bond donors (Lipinski definition) is 1. The fraction of sp³-hybridized carbons (Fsp3) is 0.0556. The van der Waals surface area contributed by atoms with Crippen molar-refractivity contribution in [3.63, 3.8) is 0 Å². The zero-order chi connectivity index (χ0) is 18.4. The molecule has 26 heavy (non-hydrogen) atoms. The molecule has 0 unspecified atom stereocenters. The lowest BCUT2D eigenvalue weighted by Crippen LogP contribution is -2.18. The van der Waals surface area contributed by atoms with Gasteiger partial charge in [-0.05, 0) is 23.8 Å². The molecule has 1 N–H and O–H groups in total. The van der Waals surface area contributed by atoms with Gasteiger partial charge in [0, 0.05) is 35.7 Å². The van der Waals surface area contributed by atoms with Gasteiger partial charge in [-0.1, -0.05) is 24.3 Å². The monoisotopic (exact) mass is 349 g/mol. The van der Waals surface area contributed by atoms with Gasteiger partial charge < -0.3 is 0 Å². The van der Waals surface area contributed by atoms with E-state index in [0.717, 1.165) is 5.56 Å². The molecule has 0 atom stereocenters. The summed E-state index contributed by atoms with van der Waals surface area (Å²) in [6.07, 6.45) is 4.90. The van der Waals surface area contributed by atoms with Crippen molar-refractivity contribution in [2.75, 3.05) is 0 Å². The Balaban J connectivity index is 1.64. The number of hydrogen-bond acceptors (Lipinski definition) is 5. The van der Waals surface area contributed by atoms with Crippen molar-refractivity contribution < 1.29 is 9.72 Å². The molecule has 0 fully saturated rings. The highest BCUT2D eigenvalue weighted by Crippen LogP contribution is 2.11. The Kier molecular flexibility index (Phi) is 5.14. The molecule has 0 saturated heterocycles. The molecule has 1 amide bonds. The number of nitrogens with one attached hydrogen (secondary N) is 1. The summed E-state index contributed by atoms with van der Waals surface area (Å²) >= 11 is 0. The molecule has 8 heteroatoms. The summed E-state index contributed by atoms with van der Waals surface area (Å²) in [5, 5.41) is 18.7. The summed E-state index contributed by atoms with van der Waals surface area (Å²) in [6.45, 7) is 0.561. The Morgan fingerprint density at radius 2 is 2.08 bits per heavy atom. The van der Waals surface area contributed by atoms with Crippen molar-refractivity contribution in [1.29, 1.82) is 0 Å². The minimum atomic E-state index is -0.485. The first kappa shape index (κ1) is 17.0. The highest BCUT2D eigenvalue weighted by atomic mass is 16.6. The lowest BCUT2D eigenvalue weighted by molar-refractivity contribution is -0.384. The van der Waals surface area contributed by atoms with Crippen molar-refractivity contribution in [3.05, 3.63) is 93.8 Å². The molecule has 0 saturated carbocycles. The maximum absolute atomic E-state index is 12.2. The molecule has 0 spiro atoms. The lowest BCUT2D eigenvalue weighted by atomic mass is 10.1. The van der Waals surface area contributed by atoms with Crippen LogP contribution in [0, 0.1) is 10.1 Å². The largest absolute Gasteiger partial charge is 0.271 e. The summed E-state index contributed by atoms with van der Waals surface area (Å²) in [6, 6.07) is 15.0. The molecule has 3 rings (SSSR count). The van der Waals surface area contributed by atoms with E-state index in [9.17, 15) is 14.9 Å². The Labute approximate surface area is 148 Å². The number of carbonyl (C=O) groups is 1. The molecule has 0 aliphatic carbocycles. The maximum Gasteiger partial charge on any atom is 0.271 e. The summed E-state index contributed by atoms with van der Waals surface area (Å²) in [4.78, 5) is 22.5. The third-order valence-electron chi connectivity index (χ3n) is 3.55. The van der Waals surface area contributed by atoms with E-state index in [0.29, 0.717) is 17.7 Å². The topological polar surface area (TPSA) is 102 Å². The van der Waals surface area contributed by atoms with Crippen LogP contribution in [0.25, 0.3) is 0 Å². The first-order valence-electron chi connectivity index (χ1n) is 7.76. The van der Waals surface area contributed by atoms with Gasteiger partial charge in [-0.25, -0.2) is 5.43 Å². The molecule has 0 aliphatic rings. The molecule has 1 aromatic heterocycles. The van der Waals surface area contributed by atoms with Gasteiger partial charge in [0.1, 0.15) is 0 Å². The molecule has 1 heterocycles. The van der Waals surface area contributed by atoms with Gasteiger partial charge in [-0.15, -0.1) is 0 Å². The van der Waals surface area contributed by atoms with Crippen LogP contribution in [-0.2, 0) is 6.54 Å². The molecule has 0 bridgehead atoms. The van der Waals surface area contributed by atoms with E-state index in [4.69, 9.17) is 0 Å². The summed E-state index contributed by atoms with van der Waals surface area (Å²) in [5.41, 5.74) is 4.30. The van der Waals surface area contributed by atoms with Crippen molar-refractivity contribution in [2.45, 2.75) is 6.54 Å². The summed E-state index contributed by atoms with van der Waals surface area (Å²) in [7, 11) is 0. The zero-order valence-electron chi connectivity index (χ0n) is 13.6. The predicted molar refractivity (Wildman–Crippen MR) is 95.9 cm³/mol. The number of nitrogens with zero attached hydrogens (tertiary/aromatic N) is 4. The van der Waals surface area contributed by atoms with Crippen molar-refractivity contribution >= 4 is 17.8 Å². The predicted octanol–water partition coefficient (Wildman–Crippen LogP) is 2.60. The van der Waals surface area contributed by atoms with Gasteiger partial charge in [0.25, 0.3) is 11.6 Å². The first-order valence-corrected chi connectivity index (χ1v) is 7.76. The van der Waals surface area contributed by atoms with Crippen molar-refractivity contribution in [1.82, 2.24) is 15.2 Å². The standard InChI is InChI=1S/C18H15N5O3/c24-18(21-19-12-14-4-2-7-17(11-14)23(25)26)16-6-1-5-15(10-16)13-22-9-3-8-20-22/h1-12H,13H2,(H,21,24). The summed E-state index contributed by atoms with van der Waals surface area (Å²) in [5.74, 6) is -0.367. The van der Waals surface area contributed by atoms with Crippen LogP contribution in [0.2, 0.25) is 0 Å². The fourth-order valence-electron chi connectivity index (χ4n) is 2.34. The highest BCUT2D eigenvalue weighted by Gasteiger charge is 2.06. The van der Waals surface area contributed by atoms with Gasteiger partial charge in [-0.3, -0.25) is 19.6 Å². The summed E-state index contributed by atoms with van der Waals surface area (Å²) < 4.78 is 1.76. The van der Waals surface area contributed by atoms with E-state index in [1.165, 1.54) is 18.3 Å². The van der Waals surface area contributed by atoms with Gasteiger partial charge >= 0.3 is 0 Å². The Morgan fingerprint density at radius 1 is 1.23 bits per heavy atom. The van der Waals surface area contributed by atoms with Gasteiger partial charge in [0.05, 0.1) is 17.7 Å². The minimum absolute atomic E-state index is 0.0356. The van der Waals surface area contributed by atoms with E-state index in [2.05, 4.69) is 15.6 Å². The van der Waals surface area contributed by atoms with Crippen molar-refractivity contribution in [3.8, 4) is 0 Å². The average molecular weight is 349 g/mol. The molecule has 0 radical (unpaired) electrons. The zero-order valence-corrected chi connectivity index (χ0v) is 13.6. The third kappa shape index (κ3) is 4.38. The smallest absolute Gasteiger partial charge is 0.268 e. The number of nitro benzene ring substituents is 1. The van der Waals surface area contributed by atoms with E-state index < -0.39 is 4.92 Å². The number of nitro groups is 1. The molecule has 0 aliphatic heterocycles. The number of amides is 1. The minimum Gasteiger partial charge on any atom is -0.268 e. The number of aromatic nitrogens is 2. The molecule has 8 nitrogen and oxygen atoms in total. The second kappa shape index (κ2) is 7.84. The Bertz CT molecular complexity index is 951. The molecular formula is C18H15N5O3. The second-order valence-electron chi connectivity index (χ2n) is 5.46. The van der Waals surface area contributed by atoms with Crippen LogP contribution in [0.15, 0.2) is 72.1 Å². The SMILES string of the molecule is O=C(NN=Cc1cccc([N+](=O)[O-])c1)c1cccc(Cn2cccn2)c1. The molecular weight excluding hydrogens is 334 g/mol. The van der Waals surface area contributed by atoms with E-state index in [1.54, 1.807) is 41.2 Å². The van der Waals surface area contributed by atoms with Crippen LogP contribution in [0.5, 0.6) is 0 Å². The number of carbonyl (C=O) groups excluding carboxylic acids is 1. The molecule has 3 aromatic rings. The lowest BCUT2D eigenvalue weighted by Gasteiger charge is -2.05. The first-order chi connectivity index (χ1) is 12.6. The number of rotatable bonds is 6. The number of non-ortho nitro benzene ring substituents is 1. The van der Waals surface area contributed by atoms with E-state index in [1.807, 2.05) is 18.3 Å². The molecule has 130 valence electrons. The fourth-order valence-corrected chi connectivity index (χ4v) is 2.34. The van der Waals surface area contributed by atoms with Crippen molar-refractivity contribution in [2.24, 2.45) is 5.10 Å². The van der Waals surface area contributed by atoms with Crippen LogP contribution in [0.3, 0.4) is 0 Å². The van der Waals surface area contributed by atoms with Gasteiger partial charge in [0.2, 0.25) is 0 Å².